The highest BCUT2D eigenvalue weighted by atomic mass is 16.5. The molecule has 1 aliphatic carbocycles. The van der Waals surface area contributed by atoms with Crippen LogP contribution < -0.4 is 4.74 Å². The second kappa shape index (κ2) is 7.99. The second-order valence-corrected chi connectivity index (χ2v) is 7.29. The van der Waals surface area contributed by atoms with E-state index < -0.39 is 0 Å². The van der Waals surface area contributed by atoms with E-state index in [0.29, 0.717) is 19.6 Å². The van der Waals surface area contributed by atoms with Crippen LogP contribution in [0.15, 0.2) is 30.3 Å². The number of hydrogen-bond donors (Lipinski definition) is 1. The maximum atomic E-state index is 12.7. The molecule has 0 bridgehead atoms. The van der Waals surface area contributed by atoms with E-state index in [4.69, 9.17) is 4.74 Å². The predicted octanol–water partition coefficient (Wildman–Crippen LogP) is 3.55. The molecule has 0 saturated carbocycles. The Kier molecular flexibility index (Phi) is 5.28. The molecule has 0 atom stereocenters. The van der Waals surface area contributed by atoms with Crippen LogP contribution in [0.2, 0.25) is 0 Å². The van der Waals surface area contributed by atoms with Crippen molar-refractivity contribution in [1.29, 1.82) is 0 Å². The van der Waals surface area contributed by atoms with Gasteiger partial charge in [0, 0.05) is 18.8 Å². The van der Waals surface area contributed by atoms with Crippen molar-refractivity contribution in [2.24, 2.45) is 0 Å². The summed E-state index contributed by atoms with van der Waals surface area (Å²) in [6.07, 6.45) is 8.01. The van der Waals surface area contributed by atoms with Gasteiger partial charge in [-0.15, -0.1) is 0 Å². The second-order valence-electron chi connectivity index (χ2n) is 7.29. The van der Waals surface area contributed by atoms with Gasteiger partial charge in [-0.05, 0) is 67.9 Å². The molecule has 1 aliphatic heterocycles. The van der Waals surface area contributed by atoms with E-state index in [-0.39, 0.29) is 5.91 Å². The minimum absolute atomic E-state index is 0.178. The lowest BCUT2D eigenvalue weighted by atomic mass is 9.94. The Morgan fingerprint density at radius 3 is 2.74 bits per heavy atom. The summed E-state index contributed by atoms with van der Waals surface area (Å²) in [4.78, 5) is 14.7. The lowest BCUT2D eigenvalue weighted by Gasteiger charge is -2.27. The average molecular weight is 365 g/mol. The zero-order valence-electron chi connectivity index (χ0n) is 16.0. The van der Waals surface area contributed by atoms with Crippen molar-refractivity contribution in [2.45, 2.75) is 45.4 Å². The number of nitrogens with one attached hydrogen (secondary N) is 1. The lowest BCUT2D eigenvalue weighted by molar-refractivity contribution is -0.130. The van der Waals surface area contributed by atoms with E-state index in [1.54, 1.807) is 0 Å². The molecular formula is C22H27N3O2. The van der Waals surface area contributed by atoms with E-state index in [9.17, 15) is 4.79 Å². The fourth-order valence-electron chi connectivity index (χ4n) is 4.04. The van der Waals surface area contributed by atoms with Crippen LogP contribution in [0.1, 0.15) is 48.7 Å². The Morgan fingerprint density at radius 1 is 1.19 bits per heavy atom. The van der Waals surface area contributed by atoms with E-state index in [1.165, 1.54) is 35.2 Å². The standard InChI is InChI=1S/C22H27N3O2/c1-2-27-18-9-7-16(8-10-18)17-11-13-25(14-12-17)22(26)15-21-19-5-3-4-6-20(19)23-24-21/h7-11H,2-6,12-15H2,1H3,(H,23,24). The highest BCUT2D eigenvalue weighted by molar-refractivity contribution is 5.80. The van der Waals surface area contributed by atoms with Crippen molar-refractivity contribution in [1.82, 2.24) is 15.1 Å². The molecule has 2 aliphatic rings. The summed E-state index contributed by atoms with van der Waals surface area (Å²) in [5.74, 6) is 1.08. The number of carbonyl (C=O) groups is 1. The van der Waals surface area contributed by atoms with Crippen LogP contribution in [0.3, 0.4) is 0 Å². The van der Waals surface area contributed by atoms with Gasteiger partial charge in [-0.3, -0.25) is 9.89 Å². The average Bonchev–Trinajstić information content (AvgIpc) is 3.12. The van der Waals surface area contributed by atoms with Crippen molar-refractivity contribution in [2.75, 3.05) is 19.7 Å². The molecule has 2 aromatic rings. The number of hydrogen-bond acceptors (Lipinski definition) is 3. The first-order chi connectivity index (χ1) is 13.2. The Labute approximate surface area is 160 Å². The number of aromatic nitrogens is 2. The summed E-state index contributed by atoms with van der Waals surface area (Å²) in [6.45, 7) is 4.11. The molecule has 2 heterocycles. The van der Waals surface area contributed by atoms with Crippen molar-refractivity contribution in [3.63, 3.8) is 0 Å². The summed E-state index contributed by atoms with van der Waals surface area (Å²) in [5, 5.41) is 7.55. The quantitative estimate of drug-likeness (QED) is 0.882. The van der Waals surface area contributed by atoms with E-state index >= 15 is 0 Å². The van der Waals surface area contributed by atoms with Gasteiger partial charge >= 0.3 is 0 Å². The molecular weight excluding hydrogens is 338 g/mol. The molecule has 142 valence electrons. The van der Waals surface area contributed by atoms with Gasteiger partial charge in [-0.1, -0.05) is 18.2 Å². The molecule has 0 saturated heterocycles. The molecule has 1 aromatic heterocycles. The van der Waals surface area contributed by atoms with Gasteiger partial charge in [0.2, 0.25) is 5.91 Å². The minimum atomic E-state index is 0.178. The van der Waals surface area contributed by atoms with Gasteiger partial charge in [0.1, 0.15) is 5.75 Å². The zero-order chi connectivity index (χ0) is 18.6. The van der Waals surface area contributed by atoms with Crippen LogP contribution >= 0.6 is 0 Å². The van der Waals surface area contributed by atoms with Gasteiger partial charge < -0.3 is 9.64 Å². The van der Waals surface area contributed by atoms with Crippen LogP contribution in [0.5, 0.6) is 5.75 Å². The number of fused-ring (bicyclic) bond motifs is 1. The maximum absolute atomic E-state index is 12.7. The predicted molar refractivity (Wildman–Crippen MR) is 106 cm³/mol. The molecule has 0 spiro atoms. The number of aromatic amines is 1. The number of carbonyl (C=O) groups excluding carboxylic acids is 1. The highest BCUT2D eigenvalue weighted by Gasteiger charge is 2.23. The molecule has 1 N–H and O–H groups in total. The zero-order valence-corrected chi connectivity index (χ0v) is 16.0. The first kappa shape index (κ1) is 17.8. The Bertz CT molecular complexity index is 836. The van der Waals surface area contributed by atoms with Crippen LogP contribution in [-0.2, 0) is 24.1 Å². The van der Waals surface area contributed by atoms with Crippen LogP contribution in [0.4, 0.5) is 0 Å². The van der Waals surface area contributed by atoms with E-state index in [1.807, 2.05) is 24.0 Å². The normalized spacial score (nSPS) is 16.6. The molecule has 1 amide bonds. The molecule has 0 radical (unpaired) electrons. The monoisotopic (exact) mass is 365 g/mol. The third-order valence-corrected chi connectivity index (χ3v) is 5.56. The number of H-pyrrole nitrogens is 1. The summed E-state index contributed by atoms with van der Waals surface area (Å²) in [5.41, 5.74) is 6.00. The SMILES string of the molecule is CCOc1ccc(C2=CCN(C(=O)Cc3n[nH]c4c3CCCC4)CC2)cc1. The molecule has 0 fully saturated rings. The smallest absolute Gasteiger partial charge is 0.228 e. The maximum Gasteiger partial charge on any atom is 0.228 e. The third kappa shape index (κ3) is 3.92. The van der Waals surface area contributed by atoms with E-state index in [2.05, 4.69) is 28.4 Å². The summed E-state index contributed by atoms with van der Waals surface area (Å²) < 4.78 is 5.51. The number of nitrogens with zero attached hydrogens (tertiary/aromatic N) is 2. The topological polar surface area (TPSA) is 58.2 Å². The van der Waals surface area contributed by atoms with Crippen LogP contribution in [0, 0.1) is 0 Å². The highest BCUT2D eigenvalue weighted by Crippen LogP contribution is 2.26. The molecule has 4 rings (SSSR count). The van der Waals surface area contributed by atoms with Gasteiger partial charge in [0.05, 0.1) is 18.7 Å². The number of ether oxygens (including phenoxy) is 1. The molecule has 1 aromatic carbocycles. The van der Waals surface area contributed by atoms with E-state index in [0.717, 1.165) is 37.3 Å². The van der Waals surface area contributed by atoms with Gasteiger partial charge in [-0.25, -0.2) is 0 Å². The minimum Gasteiger partial charge on any atom is -0.494 e. The fourth-order valence-corrected chi connectivity index (χ4v) is 4.04. The Balaban J connectivity index is 1.38. The Morgan fingerprint density at radius 2 is 2.00 bits per heavy atom. The van der Waals surface area contributed by atoms with Crippen molar-refractivity contribution < 1.29 is 9.53 Å². The van der Waals surface area contributed by atoms with Gasteiger partial charge in [0.15, 0.2) is 0 Å². The Hall–Kier alpha value is -2.56. The first-order valence-corrected chi connectivity index (χ1v) is 9.99. The summed E-state index contributed by atoms with van der Waals surface area (Å²) >= 11 is 0. The summed E-state index contributed by atoms with van der Waals surface area (Å²) in [6, 6.07) is 8.23. The first-order valence-electron chi connectivity index (χ1n) is 9.99. The van der Waals surface area contributed by atoms with Crippen LogP contribution in [0.25, 0.3) is 5.57 Å². The van der Waals surface area contributed by atoms with Crippen molar-refractivity contribution >= 4 is 11.5 Å². The van der Waals surface area contributed by atoms with Crippen molar-refractivity contribution in [3.05, 3.63) is 52.9 Å². The number of rotatable bonds is 5. The molecule has 5 heteroatoms. The van der Waals surface area contributed by atoms with Gasteiger partial charge in [-0.2, -0.15) is 5.10 Å². The van der Waals surface area contributed by atoms with Crippen LogP contribution in [-0.4, -0.2) is 40.7 Å². The number of amides is 1. The largest absolute Gasteiger partial charge is 0.494 e. The molecule has 27 heavy (non-hydrogen) atoms. The van der Waals surface area contributed by atoms with Gasteiger partial charge in [0.25, 0.3) is 0 Å². The van der Waals surface area contributed by atoms with Crippen molar-refractivity contribution in [3.8, 4) is 5.75 Å². The lowest BCUT2D eigenvalue weighted by Crippen LogP contribution is -2.36. The summed E-state index contributed by atoms with van der Waals surface area (Å²) in [7, 11) is 0. The fraction of sp³-hybridized carbons (Fsp3) is 0.455. The number of benzene rings is 1. The third-order valence-electron chi connectivity index (χ3n) is 5.56. The molecule has 5 nitrogen and oxygen atoms in total. The number of aryl methyl sites for hydroxylation is 1. The molecule has 0 unspecified atom stereocenters.